The van der Waals surface area contributed by atoms with Gasteiger partial charge in [0, 0.05) is 10.9 Å². The summed E-state index contributed by atoms with van der Waals surface area (Å²) in [6, 6.07) is 2.54. The third-order valence-corrected chi connectivity index (χ3v) is 3.11. The predicted molar refractivity (Wildman–Crippen MR) is 55.6 cm³/mol. The van der Waals surface area contributed by atoms with Crippen LogP contribution >= 0.6 is 11.3 Å². The van der Waals surface area contributed by atoms with Crippen molar-refractivity contribution in [1.82, 2.24) is 0 Å². The molecule has 0 bridgehead atoms. The second-order valence-corrected chi connectivity index (χ2v) is 4.40. The van der Waals surface area contributed by atoms with E-state index in [1.165, 1.54) is 23.3 Å². The molecule has 0 amide bonds. The van der Waals surface area contributed by atoms with Crippen molar-refractivity contribution >= 4 is 11.3 Å². The van der Waals surface area contributed by atoms with Crippen LogP contribution in [0.2, 0.25) is 0 Å². The fraction of sp³-hybridized carbons (Fsp3) is 0.600. The van der Waals surface area contributed by atoms with Gasteiger partial charge in [-0.1, -0.05) is 0 Å². The molecule has 1 aromatic heterocycles. The second-order valence-electron chi connectivity index (χ2n) is 3.40. The van der Waals surface area contributed by atoms with E-state index in [0.717, 1.165) is 6.42 Å². The first-order valence-corrected chi connectivity index (χ1v) is 5.36. The van der Waals surface area contributed by atoms with E-state index in [-0.39, 0.29) is 0 Å². The highest BCUT2D eigenvalue weighted by atomic mass is 32.1. The molecule has 0 aromatic carbocycles. The zero-order valence-electron chi connectivity index (χ0n) is 7.84. The molecule has 1 atom stereocenters. The molecule has 2 N–H and O–H groups in total. The van der Waals surface area contributed by atoms with Crippen LogP contribution in [0.1, 0.15) is 30.2 Å². The van der Waals surface area contributed by atoms with E-state index in [1.54, 1.807) is 0 Å². The maximum atomic E-state index is 5.67. The van der Waals surface area contributed by atoms with Gasteiger partial charge in [-0.25, -0.2) is 0 Å². The Morgan fingerprint density at radius 3 is 2.83 bits per heavy atom. The third-order valence-electron chi connectivity index (χ3n) is 2.03. The van der Waals surface area contributed by atoms with Crippen LogP contribution in [0.3, 0.4) is 0 Å². The molecule has 0 fully saturated rings. The van der Waals surface area contributed by atoms with Crippen LogP contribution in [0.4, 0.5) is 0 Å². The molecule has 68 valence electrons. The van der Waals surface area contributed by atoms with E-state index in [9.17, 15) is 0 Å². The fourth-order valence-corrected chi connectivity index (χ4v) is 2.20. The van der Waals surface area contributed by atoms with E-state index in [1.807, 2.05) is 11.3 Å². The molecule has 12 heavy (non-hydrogen) atoms. The first-order chi connectivity index (χ1) is 5.70. The molecule has 1 rings (SSSR count). The number of aryl methyl sites for hydroxylation is 2. The average molecular weight is 183 g/mol. The summed E-state index contributed by atoms with van der Waals surface area (Å²) in [5.41, 5.74) is 7.11. The quantitative estimate of drug-likeness (QED) is 0.763. The summed E-state index contributed by atoms with van der Waals surface area (Å²) in [7, 11) is 0. The molecule has 1 heterocycles. The fourth-order valence-electron chi connectivity index (χ4n) is 1.24. The maximum Gasteiger partial charge on any atom is 0.00744 e. The monoisotopic (exact) mass is 183 g/mol. The molecular formula is C10H17NS. The summed E-state index contributed by atoms with van der Waals surface area (Å²) in [5, 5.41) is 2.16. The van der Waals surface area contributed by atoms with Crippen LogP contribution in [0, 0.1) is 6.92 Å². The smallest absolute Gasteiger partial charge is 0.00744 e. The van der Waals surface area contributed by atoms with Crippen LogP contribution in [0.15, 0.2) is 11.4 Å². The number of hydrogen-bond acceptors (Lipinski definition) is 2. The summed E-state index contributed by atoms with van der Waals surface area (Å²) >= 11 is 1.86. The first kappa shape index (κ1) is 9.75. The number of nitrogens with two attached hydrogens (primary N) is 1. The highest BCUT2D eigenvalue weighted by Crippen LogP contribution is 2.18. The Morgan fingerprint density at radius 2 is 2.33 bits per heavy atom. The lowest BCUT2D eigenvalue weighted by atomic mass is 10.1. The van der Waals surface area contributed by atoms with Gasteiger partial charge >= 0.3 is 0 Å². The Bertz CT molecular complexity index is 227. The third kappa shape index (κ3) is 2.95. The standard InChI is InChI=1S/C10H17NS/c1-8-6-7-12-10(8)5-3-4-9(2)11/h6-7,9H,3-5,11H2,1-2H3. The molecule has 0 radical (unpaired) electrons. The molecule has 1 aromatic rings. The van der Waals surface area contributed by atoms with Gasteiger partial charge in [0.2, 0.25) is 0 Å². The lowest BCUT2D eigenvalue weighted by Crippen LogP contribution is -2.14. The zero-order valence-corrected chi connectivity index (χ0v) is 8.66. The Kier molecular flexibility index (Phi) is 3.76. The number of thiophene rings is 1. The minimum Gasteiger partial charge on any atom is -0.328 e. The number of hydrogen-bond donors (Lipinski definition) is 1. The van der Waals surface area contributed by atoms with Gasteiger partial charge in [0.15, 0.2) is 0 Å². The summed E-state index contributed by atoms with van der Waals surface area (Å²) in [6.07, 6.45) is 3.56. The lowest BCUT2D eigenvalue weighted by Gasteiger charge is -2.03. The number of rotatable bonds is 4. The highest BCUT2D eigenvalue weighted by molar-refractivity contribution is 7.10. The van der Waals surface area contributed by atoms with Crippen LogP contribution in [-0.2, 0) is 6.42 Å². The molecule has 0 aliphatic heterocycles. The van der Waals surface area contributed by atoms with Crippen LogP contribution in [0.5, 0.6) is 0 Å². The highest BCUT2D eigenvalue weighted by Gasteiger charge is 2.00. The molecule has 0 aliphatic carbocycles. The molecule has 2 heteroatoms. The second kappa shape index (κ2) is 4.63. The van der Waals surface area contributed by atoms with Crippen LogP contribution < -0.4 is 5.73 Å². The molecule has 0 spiro atoms. The van der Waals surface area contributed by atoms with Gasteiger partial charge in [-0.15, -0.1) is 11.3 Å². The topological polar surface area (TPSA) is 26.0 Å². The Labute approximate surface area is 78.6 Å². The minimum atomic E-state index is 0.352. The molecule has 1 unspecified atom stereocenters. The van der Waals surface area contributed by atoms with E-state index in [0.29, 0.717) is 6.04 Å². The predicted octanol–water partition coefficient (Wildman–Crippen LogP) is 2.73. The normalized spacial score (nSPS) is 13.2. The SMILES string of the molecule is Cc1ccsc1CCCC(C)N. The van der Waals surface area contributed by atoms with Crippen molar-refractivity contribution in [2.75, 3.05) is 0 Å². The van der Waals surface area contributed by atoms with Crippen molar-refractivity contribution in [3.63, 3.8) is 0 Å². The van der Waals surface area contributed by atoms with Gasteiger partial charge in [-0.2, -0.15) is 0 Å². The van der Waals surface area contributed by atoms with E-state index < -0.39 is 0 Å². The molecular weight excluding hydrogens is 166 g/mol. The summed E-state index contributed by atoms with van der Waals surface area (Å²) in [6.45, 7) is 4.25. The van der Waals surface area contributed by atoms with Gasteiger partial charge in [0.25, 0.3) is 0 Å². The Hall–Kier alpha value is -0.340. The van der Waals surface area contributed by atoms with E-state index in [2.05, 4.69) is 25.3 Å². The zero-order chi connectivity index (χ0) is 8.97. The molecule has 0 aliphatic rings. The van der Waals surface area contributed by atoms with Crippen LogP contribution in [-0.4, -0.2) is 6.04 Å². The Balaban J connectivity index is 2.29. The van der Waals surface area contributed by atoms with E-state index in [4.69, 9.17) is 5.73 Å². The minimum absolute atomic E-state index is 0.352. The molecule has 1 nitrogen and oxygen atoms in total. The van der Waals surface area contributed by atoms with Gasteiger partial charge in [0.05, 0.1) is 0 Å². The summed E-state index contributed by atoms with van der Waals surface area (Å²) < 4.78 is 0. The van der Waals surface area contributed by atoms with Gasteiger partial charge in [-0.3, -0.25) is 0 Å². The first-order valence-electron chi connectivity index (χ1n) is 4.48. The maximum absolute atomic E-state index is 5.67. The summed E-state index contributed by atoms with van der Waals surface area (Å²) in [5.74, 6) is 0. The summed E-state index contributed by atoms with van der Waals surface area (Å²) in [4.78, 5) is 1.52. The van der Waals surface area contributed by atoms with Crippen molar-refractivity contribution in [1.29, 1.82) is 0 Å². The van der Waals surface area contributed by atoms with Gasteiger partial charge in [-0.05, 0) is 50.1 Å². The molecule has 0 saturated heterocycles. The van der Waals surface area contributed by atoms with Crippen molar-refractivity contribution in [3.05, 3.63) is 21.9 Å². The van der Waals surface area contributed by atoms with Crippen molar-refractivity contribution in [2.45, 2.75) is 39.2 Å². The van der Waals surface area contributed by atoms with Gasteiger partial charge < -0.3 is 5.73 Å². The Morgan fingerprint density at radius 1 is 1.58 bits per heavy atom. The van der Waals surface area contributed by atoms with Gasteiger partial charge in [0.1, 0.15) is 0 Å². The average Bonchev–Trinajstić information content (AvgIpc) is 2.36. The van der Waals surface area contributed by atoms with Crippen LogP contribution in [0.25, 0.3) is 0 Å². The lowest BCUT2D eigenvalue weighted by molar-refractivity contribution is 0.626. The van der Waals surface area contributed by atoms with E-state index >= 15 is 0 Å². The van der Waals surface area contributed by atoms with Crippen molar-refractivity contribution < 1.29 is 0 Å². The largest absolute Gasteiger partial charge is 0.328 e. The van der Waals surface area contributed by atoms with Crippen molar-refractivity contribution in [2.24, 2.45) is 5.73 Å². The molecule has 0 saturated carbocycles. The van der Waals surface area contributed by atoms with Crippen molar-refractivity contribution in [3.8, 4) is 0 Å².